The highest BCUT2D eigenvalue weighted by Gasteiger charge is 2.40. The third-order valence-electron chi connectivity index (χ3n) is 5.13. The van der Waals surface area contributed by atoms with Gasteiger partial charge in [-0.1, -0.05) is 6.07 Å². The first-order chi connectivity index (χ1) is 13.2. The van der Waals surface area contributed by atoms with E-state index < -0.39 is 10.5 Å². The van der Waals surface area contributed by atoms with Crippen molar-refractivity contribution in [2.75, 3.05) is 13.1 Å². The Bertz CT molecular complexity index is 1020. The van der Waals surface area contributed by atoms with Crippen molar-refractivity contribution in [3.05, 3.63) is 73.8 Å². The lowest BCUT2D eigenvalue weighted by atomic mass is 9.90. The van der Waals surface area contributed by atoms with E-state index in [9.17, 15) is 14.9 Å². The van der Waals surface area contributed by atoms with Gasteiger partial charge >= 0.3 is 0 Å². The highest BCUT2D eigenvalue weighted by Crippen LogP contribution is 2.45. The van der Waals surface area contributed by atoms with Crippen LogP contribution in [0.1, 0.15) is 38.8 Å². The molecule has 7 heteroatoms. The van der Waals surface area contributed by atoms with Crippen molar-refractivity contribution in [3.63, 3.8) is 0 Å². The molecule has 1 aromatic heterocycles. The Hall–Kier alpha value is -3.09. The van der Waals surface area contributed by atoms with Crippen LogP contribution in [-0.4, -0.2) is 33.1 Å². The number of nitro groups is 1. The first kappa shape index (κ1) is 19.7. The smallest absolute Gasteiger partial charge is 0.273 e. The minimum absolute atomic E-state index is 0.00225. The summed E-state index contributed by atoms with van der Waals surface area (Å²) in [7, 11) is 0. The summed E-state index contributed by atoms with van der Waals surface area (Å²) in [5.74, 6) is 0.537. The monoisotopic (exact) mass is 383 g/mol. The molecule has 0 spiro atoms. The van der Waals surface area contributed by atoms with Gasteiger partial charge in [0.25, 0.3) is 11.2 Å². The number of hydrogen-bond donors (Lipinski definition) is 0. The maximum atomic E-state index is 12.7. The fourth-order valence-corrected chi connectivity index (χ4v) is 3.90. The van der Waals surface area contributed by atoms with Crippen molar-refractivity contribution in [1.29, 1.82) is 0 Å². The first-order valence-corrected chi connectivity index (χ1v) is 9.38. The lowest BCUT2D eigenvalue weighted by Gasteiger charge is -2.42. The number of hydrogen-bond acceptors (Lipinski definition) is 5. The van der Waals surface area contributed by atoms with Crippen LogP contribution in [0, 0.1) is 17.0 Å². The first-order valence-electron chi connectivity index (χ1n) is 9.38. The van der Waals surface area contributed by atoms with Gasteiger partial charge in [-0.25, -0.2) is 0 Å². The van der Waals surface area contributed by atoms with Crippen LogP contribution in [0.2, 0.25) is 0 Å². The molecule has 1 aromatic carbocycles. The van der Waals surface area contributed by atoms with Gasteiger partial charge in [-0.15, -0.1) is 0 Å². The summed E-state index contributed by atoms with van der Waals surface area (Å²) in [5.41, 5.74) is 1.63. The maximum absolute atomic E-state index is 12.7. The molecule has 0 atom stereocenters. The molecule has 0 bridgehead atoms. The summed E-state index contributed by atoms with van der Waals surface area (Å²) in [4.78, 5) is 26.0. The summed E-state index contributed by atoms with van der Waals surface area (Å²) in [6.45, 7) is 11.1. The fraction of sp³-hybridized carbons (Fsp3) is 0.381. The molecule has 0 radical (unpaired) electrons. The largest absolute Gasteiger partial charge is 0.481 e. The molecular weight excluding hydrogens is 358 g/mol. The van der Waals surface area contributed by atoms with E-state index in [-0.39, 0.29) is 11.2 Å². The van der Waals surface area contributed by atoms with Gasteiger partial charge in [0, 0.05) is 37.0 Å². The highest BCUT2D eigenvalue weighted by molar-refractivity contribution is 5.80. The Morgan fingerprint density at radius 2 is 1.86 bits per heavy atom. The van der Waals surface area contributed by atoms with E-state index in [2.05, 4.69) is 4.90 Å². The minimum atomic E-state index is -0.716. The second kappa shape index (κ2) is 7.14. The number of ether oxygens (including phenoxy) is 1. The normalized spacial score (nSPS) is 15.0. The van der Waals surface area contributed by atoms with E-state index >= 15 is 0 Å². The molecule has 28 heavy (non-hydrogen) atoms. The molecule has 2 aromatic rings. The maximum Gasteiger partial charge on any atom is 0.273 e. The number of benzene rings is 1. The van der Waals surface area contributed by atoms with E-state index in [4.69, 9.17) is 4.74 Å². The van der Waals surface area contributed by atoms with Gasteiger partial charge in [0.05, 0.1) is 21.9 Å². The molecule has 3 rings (SSSR count). The summed E-state index contributed by atoms with van der Waals surface area (Å²) in [6, 6.07) is 8.03. The number of likely N-dealkylation sites (N-methyl/N-ethyl adjacent to an activating group) is 1. The van der Waals surface area contributed by atoms with E-state index in [1.54, 1.807) is 35.9 Å². The van der Waals surface area contributed by atoms with Crippen LogP contribution < -0.4 is 10.3 Å². The van der Waals surface area contributed by atoms with Gasteiger partial charge < -0.3 is 9.64 Å². The molecule has 0 fully saturated rings. The van der Waals surface area contributed by atoms with Gasteiger partial charge in [-0.3, -0.25) is 19.5 Å². The van der Waals surface area contributed by atoms with Gasteiger partial charge in [-0.2, -0.15) is 0 Å². The second-order valence-corrected chi connectivity index (χ2v) is 7.23. The number of aromatic nitrogens is 1. The molecule has 1 aliphatic rings. The SMILES string of the molecule is CCN(CC)C1=C(n2ccccc2=O)c2c(ccc([N+](=O)[O-])c2C)OC1(C)C. The van der Waals surface area contributed by atoms with Gasteiger partial charge in [0.2, 0.25) is 0 Å². The zero-order valence-corrected chi connectivity index (χ0v) is 16.9. The molecule has 7 nitrogen and oxygen atoms in total. The van der Waals surface area contributed by atoms with Gasteiger partial charge in [-0.05, 0) is 46.8 Å². The number of nitro benzene ring substituents is 1. The number of rotatable bonds is 5. The van der Waals surface area contributed by atoms with Gasteiger partial charge in [0.15, 0.2) is 0 Å². The van der Waals surface area contributed by atoms with Crippen molar-refractivity contribution in [2.45, 2.75) is 40.2 Å². The molecule has 1 aliphatic heterocycles. The predicted octanol–water partition coefficient (Wildman–Crippen LogP) is 3.79. The number of fused-ring (bicyclic) bond motifs is 1. The van der Waals surface area contributed by atoms with E-state index in [1.165, 1.54) is 12.1 Å². The molecule has 0 aliphatic carbocycles. The zero-order valence-electron chi connectivity index (χ0n) is 16.9. The van der Waals surface area contributed by atoms with Crippen LogP contribution in [0.3, 0.4) is 0 Å². The number of pyridine rings is 1. The van der Waals surface area contributed by atoms with Crippen molar-refractivity contribution < 1.29 is 9.66 Å². The van der Waals surface area contributed by atoms with E-state index in [0.29, 0.717) is 35.7 Å². The average Bonchev–Trinajstić information content (AvgIpc) is 2.63. The Kier molecular flexibility index (Phi) is 5.02. The Morgan fingerprint density at radius 1 is 1.18 bits per heavy atom. The predicted molar refractivity (Wildman–Crippen MR) is 108 cm³/mol. The molecule has 148 valence electrons. The molecule has 0 amide bonds. The van der Waals surface area contributed by atoms with Crippen molar-refractivity contribution >= 4 is 11.4 Å². The summed E-state index contributed by atoms with van der Waals surface area (Å²) < 4.78 is 7.85. The molecule has 0 unspecified atom stereocenters. The minimum Gasteiger partial charge on any atom is -0.481 e. The van der Waals surface area contributed by atoms with Crippen LogP contribution in [-0.2, 0) is 0 Å². The molecular formula is C21H25N3O4. The average molecular weight is 383 g/mol. The standard InChI is InChI=1S/C21H25N3O4/c1-6-22(7-2)20-19(23-13-9-8-10-17(23)25)18-14(3)15(24(26)27)11-12-16(18)28-21(20,4)5/h8-13H,6-7H2,1-5H3. The Morgan fingerprint density at radius 3 is 2.43 bits per heavy atom. The third-order valence-corrected chi connectivity index (χ3v) is 5.13. The molecule has 0 N–H and O–H groups in total. The van der Waals surface area contributed by atoms with Crippen molar-refractivity contribution in [1.82, 2.24) is 9.47 Å². The Balaban J connectivity index is 2.51. The summed E-state index contributed by atoms with van der Waals surface area (Å²) in [6.07, 6.45) is 1.70. The molecule has 2 heterocycles. The number of nitrogens with zero attached hydrogens (tertiary/aromatic N) is 3. The Labute approximate surface area is 164 Å². The van der Waals surface area contributed by atoms with E-state index in [0.717, 1.165) is 5.70 Å². The third kappa shape index (κ3) is 3.06. The lowest BCUT2D eigenvalue weighted by Crippen LogP contribution is -2.45. The summed E-state index contributed by atoms with van der Waals surface area (Å²) >= 11 is 0. The van der Waals surface area contributed by atoms with Crippen molar-refractivity contribution in [2.24, 2.45) is 0 Å². The van der Waals surface area contributed by atoms with E-state index in [1.807, 2.05) is 27.7 Å². The van der Waals surface area contributed by atoms with Gasteiger partial charge in [0.1, 0.15) is 11.4 Å². The zero-order chi connectivity index (χ0) is 20.6. The van der Waals surface area contributed by atoms with Crippen LogP contribution in [0.4, 0.5) is 5.69 Å². The lowest BCUT2D eigenvalue weighted by molar-refractivity contribution is -0.385. The topological polar surface area (TPSA) is 77.6 Å². The van der Waals surface area contributed by atoms with Crippen molar-refractivity contribution in [3.8, 4) is 5.75 Å². The van der Waals surface area contributed by atoms with Crippen LogP contribution in [0.5, 0.6) is 5.75 Å². The summed E-state index contributed by atoms with van der Waals surface area (Å²) in [5, 5.41) is 11.5. The van der Waals surface area contributed by atoms with Crippen LogP contribution in [0.25, 0.3) is 5.70 Å². The molecule has 0 saturated carbocycles. The molecule has 0 saturated heterocycles. The fourth-order valence-electron chi connectivity index (χ4n) is 3.90. The quantitative estimate of drug-likeness (QED) is 0.580. The second-order valence-electron chi connectivity index (χ2n) is 7.23. The highest BCUT2D eigenvalue weighted by atomic mass is 16.6. The van der Waals surface area contributed by atoms with Crippen LogP contribution >= 0.6 is 0 Å². The van der Waals surface area contributed by atoms with Crippen LogP contribution in [0.15, 0.2) is 47.0 Å².